The molecule has 0 fully saturated rings. The van der Waals surface area contributed by atoms with Crippen LogP contribution in [0.25, 0.3) is 0 Å². The van der Waals surface area contributed by atoms with Crippen LogP contribution in [0.1, 0.15) is 0 Å². The average Bonchev–Trinajstić information content (AvgIpc) is 2.59. The third kappa shape index (κ3) is 1.41. The third-order valence-electron chi connectivity index (χ3n) is 1.82. The topological polar surface area (TPSA) is 53.4 Å². The molecular weight excluding hydrogens is 252 g/mol. The summed E-state index contributed by atoms with van der Waals surface area (Å²) in [6, 6.07) is 0.389. The fourth-order valence-corrected chi connectivity index (χ4v) is 1.52. The number of esters is 1. The van der Waals surface area contributed by atoms with Gasteiger partial charge in [0.1, 0.15) is 4.60 Å². The van der Waals surface area contributed by atoms with E-state index in [1.165, 1.54) is 7.11 Å². The van der Waals surface area contributed by atoms with E-state index in [1.54, 1.807) is 16.8 Å². The quantitative estimate of drug-likeness (QED) is 0.708. The molecule has 1 aromatic rings. The Kier molecular flexibility index (Phi) is 2.28. The number of hydrogen-bond donors (Lipinski definition) is 0. The smallest absolute Gasteiger partial charge is 0.373 e. The van der Waals surface area contributed by atoms with Crippen LogP contribution >= 0.6 is 15.9 Å². The van der Waals surface area contributed by atoms with E-state index in [9.17, 15) is 4.79 Å². The van der Waals surface area contributed by atoms with Crippen molar-refractivity contribution in [3.63, 3.8) is 0 Å². The van der Waals surface area contributed by atoms with E-state index in [-0.39, 0.29) is 5.76 Å². The maximum absolute atomic E-state index is 11.1. The van der Waals surface area contributed by atoms with Gasteiger partial charge in [-0.3, -0.25) is 4.57 Å². The van der Waals surface area contributed by atoms with Crippen molar-refractivity contribution in [2.24, 2.45) is 0 Å². The Morgan fingerprint density at radius 2 is 2.57 bits per heavy atom. The molecular formula is C8H7BrN2O3. The maximum atomic E-state index is 11.1. The van der Waals surface area contributed by atoms with E-state index in [2.05, 4.69) is 25.7 Å². The van der Waals surface area contributed by atoms with Gasteiger partial charge in [0.15, 0.2) is 0 Å². The van der Waals surface area contributed by atoms with Gasteiger partial charge in [0, 0.05) is 0 Å². The maximum Gasteiger partial charge on any atom is 0.373 e. The van der Waals surface area contributed by atoms with Crippen molar-refractivity contribution in [3.05, 3.63) is 22.6 Å². The lowest BCUT2D eigenvalue weighted by atomic mass is 10.4. The summed E-state index contributed by atoms with van der Waals surface area (Å²) in [5, 5.41) is 0. The van der Waals surface area contributed by atoms with Crippen LogP contribution in [0.5, 0.6) is 6.01 Å². The summed E-state index contributed by atoms with van der Waals surface area (Å²) in [7, 11) is 1.31. The Balaban J connectivity index is 2.25. The summed E-state index contributed by atoms with van der Waals surface area (Å²) < 4.78 is 12.3. The number of fused-ring (bicyclic) bond motifs is 1. The van der Waals surface area contributed by atoms with Crippen molar-refractivity contribution in [2.75, 3.05) is 7.11 Å². The monoisotopic (exact) mass is 258 g/mol. The van der Waals surface area contributed by atoms with Gasteiger partial charge in [-0.25, -0.2) is 9.78 Å². The molecule has 74 valence electrons. The molecule has 0 N–H and O–H groups in total. The Morgan fingerprint density at radius 3 is 3.29 bits per heavy atom. The van der Waals surface area contributed by atoms with Crippen molar-refractivity contribution in [3.8, 4) is 6.01 Å². The average molecular weight is 259 g/mol. The summed E-state index contributed by atoms with van der Waals surface area (Å²) in [5.41, 5.74) is 0. The molecule has 1 aliphatic heterocycles. The fraction of sp³-hybridized carbons (Fsp3) is 0.250. The van der Waals surface area contributed by atoms with Crippen molar-refractivity contribution in [1.29, 1.82) is 0 Å². The van der Waals surface area contributed by atoms with E-state index in [4.69, 9.17) is 4.74 Å². The first-order valence-electron chi connectivity index (χ1n) is 3.89. The number of carbonyl (C=O) groups is 1. The van der Waals surface area contributed by atoms with E-state index in [0.29, 0.717) is 12.6 Å². The number of aromatic nitrogens is 2. The number of carbonyl (C=O) groups excluding carboxylic acids is 1. The van der Waals surface area contributed by atoms with Gasteiger partial charge in [0.2, 0.25) is 5.76 Å². The molecule has 0 unspecified atom stereocenters. The van der Waals surface area contributed by atoms with Gasteiger partial charge in [-0.2, -0.15) is 0 Å². The van der Waals surface area contributed by atoms with Crippen LogP contribution in [-0.2, 0) is 16.1 Å². The highest BCUT2D eigenvalue weighted by molar-refractivity contribution is 9.10. The predicted molar refractivity (Wildman–Crippen MR) is 50.7 cm³/mol. The standard InChI is InChI=1S/C8H7BrN2O3/c1-13-7(12)5-2-3-11-6(9)4-10-8(11)14-5/h2,4H,3H2,1H3. The lowest BCUT2D eigenvalue weighted by Crippen LogP contribution is -2.18. The van der Waals surface area contributed by atoms with Gasteiger partial charge >= 0.3 is 12.0 Å². The number of halogens is 1. The largest absolute Gasteiger partial charge is 0.463 e. The Bertz CT molecular complexity index is 411. The molecule has 0 saturated heterocycles. The molecule has 6 heteroatoms. The second-order valence-electron chi connectivity index (χ2n) is 2.64. The lowest BCUT2D eigenvalue weighted by Gasteiger charge is -2.14. The Hall–Kier alpha value is -1.30. The minimum absolute atomic E-state index is 0.179. The van der Waals surface area contributed by atoms with Crippen molar-refractivity contribution < 1.29 is 14.3 Å². The molecule has 0 saturated carbocycles. The number of rotatable bonds is 1. The normalized spacial score (nSPS) is 14.0. The van der Waals surface area contributed by atoms with Crippen LogP contribution in [0, 0.1) is 0 Å². The minimum Gasteiger partial charge on any atom is -0.463 e. The molecule has 1 aromatic heterocycles. The van der Waals surface area contributed by atoms with Gasteiger partial charge in [0.05, 0.1) is 19.9 Å². The van der Waals surface area contributed by atoms with Gasteiger partial charge in [-0.15, -0.1) is 0 Å². The van der Waals surface area contributed by atoms with E-state index >= 15 is 0 Å². The van der Waals surface area contributed by atoms with Gasteiger partial charge in [0.25, 0.3) is 0 Å². The second-order valence-corrected chi connectivity index (χ2v) is 3.45. The molecule has 2 rings (SSSR count). The summed E-state index contributed by atoms with van der Waals surface area (Å²) in [4.78, 5) is 15.1. The summed E-state index contributed by atoms with van der Waals surface area (Å²) in [6.45, 7) is 0.542. The van der Waals surface area contributed by atoms with E-state index < -0.39 is 5.97 Å². The van der Waals surface area contributed by atoms with Crippen LogP contribution in [0.2, 0.25) is 0 Å². The van der Waals surface area contributed by atoms with Crippen molar-refractivity contribution in [2.45, 2.75) is 6.54 Å². The summed E-state index contributed by atoms with van der Waals surface area (Å²) in [5.74, 6) is -0.312. The fourth-order valence-electron chi connectivity index (χ4n) is 1.13. The highest BCUT2D eigenvalue weighted by atomic mass is 79.9. The van der Waals surface area contributed by atoms with Crippen LogP contribution in [0.4, 0.5) is 0 Å². The first kappa shape index (κ1) is 9.26. The van der Waals surface area contributed by atoms with E-state index in [1.807, 2.05) is 0 Å². The molecule has 1 aliphatic rings. The van der Waals surface area contributed by atoms with Gasteiger partial charge < -0.3 is 9.47 Å². The second kappa shape index (κ2) is 3.45. The number of methoxy groups -OCH3 is 1. The first-order chi connectivity index (χ1) is 6.72. The minimum atomic E-state index is -0.490. The van der Waals surface area contributed by atoms with Crippen LogP contribution in [0.15, 0.2) is 22.6 Å². The Morgan fingerprint density at radius 1 is 1.79 bits per heavy atom. The van der Waals surface area contributed by atoms with Gasteiger partial charge in [-0.05, 0) is 22.0 Å². The highest BCUT2D eigenvalue weighted by Crippen LogP contribution is 2.24. The number of imidazole rings is 1. The van der Waals surface area contributed by atoms with E-state index in [0.717, 1.165) is 4.60 Å². The number of nitrogens with zero attached hydrogens (tertiary/aromatic N) is 2. The van der Waals surface area contributed by atoms with Crippen LogP contribution in [0.3, 0.4) is 0 Å². The molecule has 0 aliphatic carbocycles. The molecule has 5 nitrogen and oxygen atoms in total. The van der Waals surface area contributed by atoms with Crippen LogP contribution in [-0.4, -0.2) is 22.6 Å². The van der Waals surface area contributed by atoms with Crippen molar-refractivity contribution in [1.82, 2.24) is 9.55 Å². The Labute approximate surface area is 88.5 Å². The predicted octanol–water partition coefficient (Wildman–Crippen LogP) is 1.09. The number of allylic oxidation sites excluding steroid dienone is 1. The highest BCUT2D eigenvalue weighted by Gasteiger charge is 2.21. The molecule has 0 bridgehead atoms. The SMILES string of the molecule is COC(=O)C1=CCn2c(Br)cnc2O1. The molecule has 0 radical (unpaired) electrons. The lowest BCUT2D eigenvalue weighted by molar-refractivity contribution is -0.138. The summed E-state index contributed by atoms with van der Waals surface area (Å²) >= 11 is 3.30. The zero-order chi connectivity index (χ0) is 10.1. The zero-order valence-corrected chi connectivity index (χ0v) is 8.94. The molecule has 0 aromatic carbocycles. The molecule has 0 atom stereocenters. The van der Waals surface area contributed by atoms with Crippen LogP contribution < -0.4 is 4.74 Å². The summed E-state index contributed by atoms with van der Waals surface area (Å²) in [6.07, 6.45) is 3.26. The van der Waals surface area contributed by atoms with Gasteiger partial charge in [-0.1, -0.05) is 0 Å². The third-order valence-corrected chi connectivity index (χ3v) is 2.45. The zero-order valence-electron chi connectivity index (χ0n) is 7.36. The molecule has 14 heavy (non-hydrogen) atoms. The number of ether oxygens (including phenoxy) is 2. The first-order valence-corrected chi connectivity index (χ1v) is 4.69. The molecule has 0 spiro atoms. The van der Waals surface area contributed by atoms with Crippen molar-refractivity contribution >= 4 is 21.9 Å². The molecule has 0 amide bonds. The number of hydrogen-bond acceptors (Lipinski definition) is 4. The molecule has 2 heterocycles.